The van der Waals surface area contributed by atoms with Crippen LogP contribution in [-0.4, -0.2) is 24.5 Å². The van der Waals surface area contributed by atoms with E-state index >= 15 is 0 Å². The predicted octanol–water partition coefficient (Wildman–Crippen LogP) is 3.91. The van der Waals surface area contributed by atoms with Crippen LogP contribution in [0.2, 0.25) is 0 Å². The van der Waals surface area contributed by atoms with Crippen molar-refractivity contribution in [2.24, 2.45) is 0 Å². The summed E-state index contributed by atoms with van der Waals surface area (Å²) in [4.78, 5) is 27.0. The fraction of sp³-hybridized carbons (Fsp3) is 0.0909. The molecular formula is C22H17F3N6O. The number of aromatic amines is 1. The summed E-state index contributed by atoms with van der Waals surface area (Å²) in [5.74, 6) is -2.02. The number of rotatable bonds is 2. The van der Waals surface area contributed by atoms with Crippen molar-refractivity contribution in [1.29, 1.82) is 0 Å². The maximum absolute atomic E-state index is 14.0. The Kier molecular flexibility index (Phi) is 5.59. The molecular weight excluding hydrogens is 421 g/mol. The van der Waals surface area contributed by atoms with Crippen molar-refractivity contribution in [3.8, 4) is 5.69 Å². The largest absolute Gasteiger partial charge is 0.382 e. The zero-order valence-electron chi connectivity index (χ0n) is 16.8. The summed E-state index contributed by atoms with van der Waals surface area (Å²) in [6.07, 6.45) is 3.30. The van der Waals surface area contributed by atoms with Crippen molar-refractivity contribution >= 4 is 27.8 Å². The van der Waals surface area contributed by atoms with Gasteiger partial charge >= 0.3 is 0 Å². The van der Waals surface area contributed by atoms with Gasteiger partial charge in [-0.3, -0.25) is 9.36 Å². The van der Waals surface area contributed by atoms with Gasteiger partial charge in [-0.1, -0.05) is 25.1 Å². The first-order valence-corrected chi connectivity index (χ1v) is 9.59. The van der Waals surface area contributed by atoms with Gasteiger partial charge in [-0.05, 0) is 36.1 Å². The van der Waals surface area contributed by atoms with E-state index in [0.717, 1.165) is 22.8 Å². The van der Waals surface area contributed by atoms with Crippen LogP contribution < -0.4 is 11.3 Å². The summed E-state index contributed by atoms with van der Waals surface area (Å²) < 4.78 is 43.0. The van der Waals surface area contributed by atoms with Crippen LogP contribution in [0.25, 0.3) is 27.6 Å². The number of nitrogens with one attached hydrogen (secondary N) is 1. The van der Waals surface area contributed by atoms with Crippen LogP contribution in [0, 0.1) is 17.5 Å². The third-order valence-corrected chi connectivity index (χ3v) is 4.85. The molecule has 0 saturated heterocycles. The van der Waals surface area contributed by atoms with Crippen LogP contribution in [0.15, 0.2) is 59.9 Å². The van der Waals surface area contributed by atoms with E-state index in [1.165, 1.54) is 24.8 Å². The number of para-hydroxylation sites is 1. The van der Waals surface area contributed by atoms with E-state index in [9.17, 15) is 18.0 Å². The smallest absolute Gasteiger partial charge is 0.266 e. The molecule has 0 atom stereocenters. The SMILES string of the molecule is CCc1cc2cccc(F)c2c(=O)n1-c1c(F)cccc1F.Nc1ncnc2nc[nH]c12. The van der Waals surface area contributed by atoms with Crippen LogP contribution in [0.3, 0.4) is 0 Å². The van der Waals surface area contributed by atoms with Crippen molar-refractivity contribution < 1.29 is 13.2 Å². The molecule has 32 heavy (non-hydrogen) atoms. The number of aromatic nitrogens is 5. The van der Waals surface area contributed by atoms with Crippen LogP contribution >= 0.6 is 0 Å². The molecule has 10 heteroatoms. The number of benzene rings is 2. The molecule has 0 bridgehead atoms. The highest BCUT2D eigenvalue weighted by Crippen LogP contribution is 2.22. The molecule has 0 aliphatic heterocycles. The van der Waals surface area contributed by atoms with Crippen molar-refractivity contribution in [3.63, 3.8) is 0 Å². The predicted molar refractivity (Wildman–Crippen MR) is 115 cm³/mol. The van der Waals surface area contributed by atoms with E-state index in [0.29, 0.717) is 34.5 Å². The number of nitrogen functional groups attached to an aromatic ring is 1. The van der Waals surface area contributed by atoms with Gasteiger partial charge in [0.1, 0.15) is 35.0 Å². The van der Waals surface area contributed by atoms with Crippen molar-refractivity contribution in [2.45, 2.75) is 13.3 Å². The summed E-state index contributed by atoms with van der Waals surface area (Å²) in [7, 11) is 0. The molecule has 0 unspecified atom stereocenters. The van der Waals surface area contributed by atoms with Gasteiger partial charge < -0.3 is 10.7 Å². The molecule has 0 radical (unpaired) electrons. The maximum atomic E-state index is 14.0. The standard InChI is InChI=1S/C17H12F3NO.C5H5N5/c1-2-11-9-10-5-3-6-12(18)15(10)17(22)21(11)16-13(19)7-4-8-14(16)20;6-4-3-5(9-1-7-3)10-2-8-4/h3-9H,2H2,1H3;1-2H,(H3,6,7,8,9,10). The Morgan fingerprint density at radius 2 is 1.69 bits per heavy atom. The van der Waals surface area contributed by atoms with Gasteiger partial charge in [0.2, 0.25) is 0 Å². The number of hydrogen-bond donors (Lipinski definition) is 2. The molecule has 3 N–H and O–H groups in total. The highest BCUT2D eigenvalue weighted by atomic mass is 19.1. The number of nitrogens with zero attached hydrogens (tertiary/aromatic N) is 4. The Bertz CT molecular complexity index is 1470. The lowest BCUT2D eigenvalue weighted by Crippen LogP contribution is -2.24. The molecule has 162 valence electrons. The number of aryl methyl sites for hydroxylation is 1. The first kappa shape index (κ1) is 21.0. The van der Waals surface area contributed by atoms with Crippen molar-refractivity contribution in [1.82, 2.24) is 24.5 Å². The summed E-state index contributed by atoms with van der Waals surface area (Å²) >= 11 is 0. The van der Waals surface area contributed by atoms with Gasteiger partial charge in [0.25, 0.3) is 5.56 Å². The fourth-order valence-electron chi connectivity index (χ4n) is 3.36. The van der Waals surface area contributed by atoms with E-state index in [4.69, 9.17) is 5.73 Å². The minimum atomic E-state index is -0.868. The average Bonchev–Trinajstić information content (AvgIpc) is 3.25. The number of imidazole rings is 1. The summed E-state index contributed by atoms with van der Waals surface area (Å²) in [6.45, 7) is 1.76. The second-order valence-electron chi connectivity index (χ2n) is 6.76. The average molecular weight is 438 g/mol. The summed E-state index contributed by atoms with van der Waals surface area (Å²) in [5, 5.41) is 0.234. The molecule has 0 amide bonds. The van der Waals surface area contributed by atoms with Gasteiger partial charge in [0, 0.05) is 5.69 Å². The molecule has 3 aromatic heterocycles. The zero-order valence-corrected chi connectivity index (χ0v) is 16.8. The number of pyridine rings is 1. The van der Waals surface area contributed by atoms with Crippen LogP contribution in [0.5, 0.6) is 0 Å². The highest BCUT2D eigenvalue weighted by Gasteiger charge is 2.18. The third kappa shape index (κ3) is 3.66. The number of nitrogens with two attached hydrogens (primary N) is 1. The minimum Gasteiger partial charge on any atom is -0.382 e. The van der Waals surface area contributed by atoms with E-state index in [1.807, 2.05) is 0 Å². The molecule has 5 rings (SSSR count). The second-order valence-corrected chi connectivity index (χ2v) is 6.76. The monoisotopic (exact) mass is 438 g/mol. The first-order valence-electron chi connectivity index (χ1n) is 9.59. The van der Waals surface area contributed by atoms with E-state index < -0.39 is 28.7 Å². The number of anilines is 1. The zero-order chi connectivity index (χ0) is 22.8. The molecule has 2 aromatic carbocycles. The minimum absolute atomic E-state index is 0.178. The molecule has 3 heterocycles. The van der Waals surface area contributed by atoms with E-state index in [2.05, 4.69) is 19.9 Å². The normalized spacial score (nSPS) is 10.9. The molecule has 0 aliphatic rings. The molecule has 0 spiro atoms. The van der Waals surface area contributed by atoms with Crippen LogP contribution in [0.1, 0.15) is 12.6 Å². The first-order chi connectivity index (χ1) is 15.4. The molecule has 5 aromatic rings. The number of H-pyrrole nitrogens is 1. The number of fused-ring (bicyclic) bond motifs is 2. The Morgan fingerprint density at radius 3 is 2.38 bits per heavy atom. The highest BCUT2D eigenvalue weighted by molar-refractivity contribution is 5.83. The lowest BCUT2D eigenvalue weighted by molar-refractivity contribution is 0.563. The third-order valence-electron chi connectivity index (χ3n) is 4.85. The molecule has 0 fully saturated rings. The van der Waals surface area contributed by atoms with E-state index in [1.54, 1.807) is 19.1 Å². The Morgan fingerprint density at radius 1 is 1.00 bits per heavy atom. The Balaban J connectivity index is 0.000000203. The van der Waals surface area contributed by atoms with Crippen molar-refractivity contribution in [3.05, 3.63) is 88.6 Å². The van der Waals surface area contributed by atoms with Gasteiger partial charge in [0.15, 0.2) is 11.5 Å². The summed E-state index contributed by atoms with van der Waals surface area (Å²) in [5.41, 5.74) is 5.94. The lowest BCUT2D eigenvalue weighted by Gasteiger charge is -2.15. The number of hydrogen-bond acceptors (Lipinski definition) is 5. The second kappa shape index (κ2) is 8.50. The van der Waals surface area contributed by atoms with Crippen molar-refractivity contribution in [2.75, 3.05) is 5.73 Å². The van der Waals surface area contributed by atoms with Crippen LogP contribution in [0.4, 0.5) is 19.0 Å². The van der Waals surface area contributed by atoms with Gasteiger partial charge in [0.05, 0.1) is 11.7 Å². The molecule has 0 saturated carbocycles. The Hall–Kier alpha value is -4.21. The number of halogens is 3. The summed E-state index contributed by atoms with van der Waals surface area (Å²) in [6, 6.07) is 9.16. The quantitative estimate of drug-likeness (QED) is 0.435. The van der Waals surface area contributed by atoms with Gasteiger partial charge in [-0.15, -0.1) is 0 Å². The molecule has 7 nitrogen and oxygen atoms in total. The van der Waals surface area contributed by atoms with Gasteiger partial charge in [-0.2, -0.15) is 0 Å². The lowest BCUT2D eigenvalue weighted by atomic mass is 10.1. The van der Waals surface area contributed by atoms with Crippen LogP contribution in [-0.2, 0) is 6.42 Å². The topological polar surface area (TPSA) is 102 Å². The van der Waals surface area contributed by atoms with Gasteiger partial charge in [-0.25, -0.2) is 28.1 Å². The van der Waals surface area contributed by atoms with E-state index in [-0.39, 0.29) is 5.39 Å². The maximum Gasteiger partial charge on any atom is 0.266 e. The fourth-order valence-corrected chi connectivity index (χ4v) is 3.36. The Labute approximate surface area is 179 Å². The molecule has 0 aliphatic carbocycles.